The van der Waals surface area contributed by atoms with Crippen molar-refractivity contribution in [3.63, 3.8) is 0 Å². The van der Waals surface area contributed by atoms with Gasteiger partial charge in [0.05, 0.1) is 23.8 Å². The molecule has 6 nitrogen and oxygen atoms in total. The molecule has 1 N–H and O–H groups in total. The number of nitrogens with one attached hydrogen (secondary N) is 1. The van der Waals surface area contributed by atoms with Crippen LogP contribution in [0.15, 0.2) is 40.9 Å². The number of halogens is 2. The number of nitrogens with zero attached hydrogens (tertiary/aromatic N) is 1. The third-order valence-corrected chi connectivity index (χ3v) is 5.54. The van der Waals surface area contributed by atoms with Gasteiger partial charge in [-0.25, -0.2) is 4.39 Å². The minimum absolute atomic E-state index is 0.0309. The molecule has 1 atom stereocenters. The SMILES string of the molecule is CC(=O)SC(CNc1noc2c(F)c(F)c(C3OCCO3)cc12)c1ccccc1. The van der Waals surface area contributed by atoms with E-state index in [4.69, 9.17) is 14.0 Å². The molecule has 1 aliphatic rings. The van der Waals surface area contributed by atoms with Crippen LogP contribution in [0.2, 0.25) is 0 Å². The zero-order valence-electron chi connectivity index (χ0n) is 15.5. The molecular weight excluding hydrogens is 402 g/mol. The van der Waals surface area contributed by atoms with Crippen LogP contribution in [0.5, 0.6) is 0 Å². The molecule has 1 unspecified atom stereocenters. The van der Waals surface area contributed by atoms with Crippen molar-refractivity contribution in [1.82, 2.24) is 5.16 Å². The van der Waals surface area contributed by atoms with Crippen molar-refractivity contribution < 1.29 is 27.6 Å². The van der Waals surface area contributed by atoms with Crippen LogP contribution in [-0.2, 0) is 14.3 Å². The van der Waals surface area contributed by atoms with Gasteiger partial charge in [-0.15, -0.1) is 0 Å². The van der Waals surface area contributed by atoms with Crippen LogP contribution < -0.4 is 5.32 Å². The number of rotatable bonds is 6. The number of benzene rings is 2. The number of hydrogen-bond acceptors (Lipinski definition) is 7. The highest BCUT2D eigenvalue weighted by molar-refractivity contribution is 8.13. The molecule has 1 fully saturated rings. The molecule has 152 valence electrons. The summed E-state index contributed by atoms with van der Waals surface area (Å²) >= 11 is 1.18. The Morgan fingerprint density at radius 1 is 1.24 bits per heavy atom. The second kappa shape index (κ2) is 8.48. The van der Waals surface area contributed by atoms with E-state index in [0.29, 0.717) is 19.8 Å². The molecule has 0 aliphatic carbocycles. The summed E-state index contributed by atoms with van der Waals surface area (Å²) in [5, 5.41) is 6.99. The highest BCUT2D eigenvalue weighted by Gasteiger charge is 2.28. The third kappa shape index (κ3) is 4.12. The van der Waals surface area contributed by atoms with Crippen LogP contribution in [0.1, 0.15) is 29.6 Å². The summed E-state index contributed by atoms with van der Waals surface area (Å²) in [6.07, 6.45) is -0.970. The van der Waals surface area contributed by atoms with Gasteiger partial charge in [-0.3, -0.25) is 4.79 Å². The molecule has 1 saturated heterocycles. The Morgan fingerprint density at radius 3 is 2.66 bits per heavy atom. The molecule has 4 rings (SSSR count). The van der Waals surface area contributed by atoms with Gasteiger partial charge >= 0.3 is 0 Å². The Balaban J connectivity index is 1.62. The Labute approximate surface area is 169 Å². The summed E-state index contributed by atoms with van der Waals surface area (Å²) in [4.78, 5) is 11.7. The number of carbonyl (C=O) groups excluding carboxylic acids is 1. The first-order valence-corrected chi connectivity index (χ1v) is 9.89. The zero-order chi connectivity index (χ0) is 20.4. The van der Waals surface area contributed by atoms with Gasteiger partial charge in [0, 0.05) is 19.0 Å². The Bertz CT molecular complexity index is 1020. The maximum atomic E-state index is 14.5. The van der Waals surface area contributed by atoms with E-state index in [1.165, 1.54) is 24.8 Å². The van der Waals surface area contributed by atoms with Crippen molar-refractivity contribution in [2.45, 2.75) is 18.5 Å². The predicted molar refractivity (Wildman–Crippen MR) is 105 cm³/mol. The van der Waals surface area contributed by atoms with Crippen LogP contribution in [0.4, 0.5) is 14.6 Å². The van der Waals surface area contributed by atoms with Crippen molar-refractivity contribution in [2.24, 2.45) is 0 Å². The van der Waals surface area contributed by atoms with Gasteiger partial charge in [0.1, 0.15) is 0 Å². The normalized spacial score (nSPS) is 15.7. The quantitative estimate of drug-likeness (QED) is 0.625. The lowest BCUT2D eigenvalue weighted by Gasteiger charge is -2.16. The maximum Gasteiger partial charge on any atom is 0.207 e. The first-order valence-electron chi connectivity index (χ1n) is 9.01. The van der Waals surface area contributed by atoms with Gasteiger partial charge in [0.2, 0.25) is 11.4 Å². The van der Waals surface area contributed by atoms with E-state index in [1.807, 2.05) is 30.3 Å². The van der Waals surface area contributed by atoms with E-state index < -0.39 is 17.9 Å². The summed E-state index contributed by atoms with van der Waals surface area (Å²) in [5.74, 6) is -1.97. The largest absolute Gasteiger partial charge is 0.365 e. The van der Waals surface area contributed by atoms with E-state index in [2.05, 4.69) is 10.5 Å². The van der Waals surface area contributed by atoms with Crippen molar-refractivity contribution in [3.05, 3.63) is 59.2 Å². The summed E-state index contributed by atoms with van der Waals surface area (Å²) in [7, 11) is 0. The van der Waals surface area contributed by atoms with Gasteiger partial charge in [0.25, 0.3) is 0 Å². The highest BCUT2D eigenvalue weighted by Crippen LogP contribution is 2.35. The van der Waals surface area contributed by atoms with Crippen molar-refractivity contribution in [3.8, 4) is 0 Å². The molecule has 0 bridgehead atoms. The summed E-state index contributed by atoms with van der Waals surface area (Å²) in [6, 6.07) is 10.9. The summed E-state index contributed by atoms with van der Waals surface area (Å²) in [5.41, 5.74) is 0.623. The van der Waals surface area contributed by atoms with Crippen LogP contribution >= 0.6 is 11.8 Å². The first-order chi connectivity index (χ1) is 14.0. The summed E-state index contributed by atoms with van der Waals surface area (Å²) in [6.45, 7) is 2.44. The van der Waals surface area contributed by atoms with E-state index in [1.54, 1.807) is 0 Å². The van der Waals surface area contributed by atoms with Crippen LogP contribution in [-0.4, -0.2) is 30.0 Å². The number of carbonyl (C=O) groups is 1. The number of hydrogen-bond donors (Lipinski definition) is 1. The van der Waals surface area contributed by atoms with E-state index in [9.17, 15) is 13.6 Å². The molecule has 0 amide bonds. The second-order valence-corrected chi connectivity index (χ2v) is 7.84. The smallest absolute Gasteiger partial charge is 0.207 e. The van der Waals surface area contributed by atoms with Gasteiger partial charge in [-0.2, -0.15) is 4.39 Å². The lowest BCUT2D eigenvalue weighted by atomic mass is 10.1. The predicted octanol–water partition coefficient (Wildman–Crippen LogP) is 4.58. The van der Waals surface area contributed by atoms with Crippen molar-refractivity contribution >= 4 is 33.7 Å². The zero-order valence-corrected chi connectivity index (χ0v) is 16.3. The Kier molecular flexibility index (Phi) is 5.79. The molecule has 29 heavy (non-hydrogen) atoms. The Morgan fingerprint density at radius 2 is 1.97 bits per heavy atom. The lowest BCUT2D eigenvalue weighted by Crippen LogP contribution is -2.12. The fraction of sp³-hybridized carbons (Fsp3) is 0.300. The third-order valence-electron chi connectivity index (χ3n) is 4.48. The first kappa shape index (κ1) is 19.8. The highest BCUT2D eigenvalue weighted by atomic mass is 32.2. The molecular formula is C20H18F2N2O4S. The van der Waals surface area contributed by atoms with Gasteiger partial charge in [-0.1, -0.05) is 47.3 Å². The second-order valence-electron chi connectivity index (χ2n) is 6.46. The molecule has 0 radical (unpaired) electrons. The number of fused-ring (bicyclic) bond motifs is 1. The Hall–Kier alpha value is -2.49. The molecule has 9 heteroatoms. The standard InChI is InChI=1S/C20H18F2N2O4S/c1-11(25)29-15(12-5-3-2-4-6-12)10-23-19-14-9-13(20-26-7-8-27-20)16(21)17(22)18(14)28-24-19/h2-6,9,15,20H,7-8,10H2,1H3,(H,23,24). The van der Waals surface area contributed by atoms with Crippen LogP contribution in [0.25, 0.3) is 11.0 Å². The van der Waals surface area contributed by atoms with Gasteiger partial charge in [-0.05, 0) is 11.6 Å². The average Bonchev–Trinajstić information content (AvgIpc) is 3.38. The average molecular weight is 420 g/mol. The van der Waals surface area contributed by atoms with E-state index in [-0.39, 0.29) is 32.7 Å². The molecule has 2 aromatic carbocycles. The van der Waals surface area contributed by atoms with Crippen LogP contribution in [0.3, 0.4) is 0 Å². The van der Waals surface area contributed by atoms with Crippen molar-refractivity contribution in [1.29, 1.82) is 0 Å². The maximum absolute atomic E-state index is 14.5. The number of anilines is 1. The molecule has 1 aromatic heterocycles. The fourth-order valence-corrected chi connectivity index (χ4v) is 4.02. The molecule has 0 saturated carbocycles. The van der Waals surface area contributed by atoms with E-state index >= 15 is 0 Å². The van der Waals surface area contributed by atoms with Crippen LogP contribution in [0, 0.1) is 11.6 Å². The number of ether oxygens (including phenoxy) is 2. The van der Waals surface area contributed by atoms with Gasteiger partial charge < -0.3 is 19.3 Å². The lowest BCUT2D eigenvalue weighted by molar-refractivity contribution is -0.109. The topological polar surface area (TPSA) is 73.6 Å². The fourth-order valence-electron chi connectivity index (χ4n) is 3.16. The number of aromatic nitrogens is 1. The minimum atomic E-state index is -1.14. The van der Waals surface area contributed by atoms with Gasteiger partial charge in [0.15, 0.2) is 23.0 Å². The number of thioether (sulfide) groups is 1. The monoisotopic (exact) mass is 420 g/mol. The molecule has 3 aromatic rings. The van der Waals surface area contributed by atoms with Crippen molar-refractivity contribution in [2.75, 3.05) is 25.1 Å². The van der Waals surface area contributed by atoms with E-state index in [0.717, 1.165) is 5.56 Å². The molecule has 1 aliphatic heterocycles. The molecule has 2 heterocycles. The molecule has 0 spiro atoms. The minimum Gasteiger partial charge on any atom is -0.365 e. The summed E-state index contributed by atoms with van der Waals surface area (Å²) < 4.78 is 44.5.